The van der Waals surface area contributed by atoms with Crippen LogP contribution in [-0.4, -0.2) is 36.4 Å². The summed E-state index contributed by atoms with van der Waals surface area (Å²) in [6, 6.07) is 0. The maximum atomic E-state index is 11.1. The Bertz CT molecular complexity index is 563. The van der Waals surface area contributed by atoms with Crippen LogP contribution in [0.4, 0.5) is 0 Å². The molecule has 2 N–H and O–H groups in total. The van der Waals surface area contributed by atoms with E-state index in [1.165, 1.54) is 41.5 Å². The van der Waals surface area contributed by atoms with Gasteiger partial charge in [0.15, 0.2) is 0 Å². The molecule has 0 aliphatic heterocycles. The van der Waals surface area contributed by atoms with Crippen molar-refractivity contribution in [2.45, 2.75) is 52.0 Å². The predicted molar refractivity (Wildman–Crippen MR) is 77.4 cm³/mol. The molecule has 0 bridgehead atoms. The summed E-state index contributed by atoms with van der Waals surface area (Å²) in [6.45, 7) is 8.78. The summed E-state index contributed by atoms with van der Waals surface area (Å²) in [5, 5.41) is -2.25. The first kappa shape index (κ1) is 19.4. The zero-order valence-electron chi connectivity index (χ0n) is 12.5. The Morgan fingerprint density at radius 3 is 1.10 bits per heavy atom. The van der Waals surface area contributed by atoms with E-state index in [2.05, 4.69) is 11.8 Å². The monoisotopic (exact) mass is 326 g/mol. The van der Waals surface area contributed by atoms with E-state index in [1.54, 1.807) is 0 Å². The first-order valence-corrected chi connectivity index (χ1v) is 8.99. The third-order valence-electron chi connectivity index (χ3n) is 3.63. The summed E-state index contributed by atoms with van der Waals surface area (Å²) < 4.78 is 62.7. The van der Waals surface area contributed by atoms with Crippen LogP contribution in [0.2, 0.25) is 0 Å². The van der Waals surface area contributed by atoms with Crippen LogP contribution in [0, 0.1) is 22.7 Å². The number of hydrogen-bond donors (Lipinski definition) is 2. The first-order chi connectivity index (χ1) is 8.52. The van der Waals surface area contributed by atoms with Gasteiger partial charge in [-0.3, -0.25) is 9.11 Å². The van der Waals surface area contributed by atoms with E-state index >= 15 is 0 Å². The van der Waals surface area contributed by atoms with Gasteiger partial charge in [-0.1, -0.05) is 11.8 Å². The molecule has 0 aliphatic carbocycles. The van der Waals surface area contributed by atoms with Crippen molar-refractivity contribution in [2.75, 3.05) is 0 Å². The fourth-order valence-electron chi connectivity index (χ4n) is 1.27. The lowest BCUT2D eigenvalue weighted by Crippen LogP contribution is -2.35. The van der Waals surface area contributed by atoms with Gasteiger partial charge in [-0.05, 0) is 41.5 Å². The second-order valence-corrected chi connectivity index (χ2v) is 9.48. The minimum atomic E-state index is -4.25. The van der Waals surface area contributed by atoms with E-state index in [1.807, 2.05) is 0 Å². The topological polar surface area (TPSA) is 109 Å². The summed E-state index contributed by atoms with van der Waals surface area (Å²) >= 11 is 0. The Hall–Kier alpha value is -0.620. The summed E-state index contributed by atoms with van der Waals surface area (Å²) in [5.41, 5.74) is -2.13. The minimum Gasteiger partial charge on any atom is -0.285 e. The highest BCUT2D eigenvalue weighted by Gasteiger charge is 2.36. The Morgan fingerprint density at radius 2 is 0.950 bits per heavy atom. The van der Waals surface area contributed by atoms with Crippen molar-refractivity contribution < 1.29 is 25.9 Å². The van der Waals surface area contributed by atoms with Gasteiger partial charge < -0.3 is 0 Å². The van der Waals surface area contributed by atoms with Gasteiger partial charge in [-0.2, -0.15) is 16.8 Å². The molecule has 6 nitrogen and oxygen atoms in total. The number of hydrogen-bond acceptors (Lipinski definition) is 4. The molecule has 0 heterocycles. The average Bonchev–Trinajstić information content (AvgIpc) is 2.22. The average molecular weight is 326 g/mol. The molecule has 2 unspecified atom stereocenters. The molecule has 0 spiro atoms. The van der Waals surface area contributed by atoms with Crippen molar-refractivity contribution in [3.8, 4) is 11.8 Å². The molecule has 0 saturated heterocycles. The van der Waals surface area contributed by atoms with Crippen LogP contribution in [0.5, 0.6) is 0 Å². The standard InChI is InChI=1S/C12H22O6S2/c1-9(19(13,14)15)11(3,4)7-8-12(5,6)10(2)20(16,17)18/h9-10H,1-6H3,(H,13,14,15)(H,16,17,18). The van der Waals surface area contributed by atoms with Crippen molar-refractivity contribution in [1.82, 2.24) is 0 Å². The third-order valence-corrected chi connectivity index (χ3v) is 6.60. The van der Waals surface area contributed by atoms with E-state index in [0.717, 1.165) is 0 Å². The lowest BCUT2D eigenvalue weighted by molar-refractivity contribution is 0.399. The van der Waals surface area contributed by atoms with Crippen LogP contribution in [0.3, 0.4) is 0 Å². The maximum Gasteiger partial charge on any atom is 0.268 e. The van der Waals surface area contributed by atoms with E-state index in [9.17, 15) is 16.8 Å². The smallest absolute Gasteiger partial charge is 0.268 e. The van der Waals surface area contributed by atoms with Gasteiger partial charge in [0.2, 0.25) is 0 Å². The Labute approximate surface area is 121 Å². The zero-order valence-corrected chi connectivity index (χ0v) is 14.1. The van der Waals surface area contributed by atoms with Crippen LogP contribution in [0.15, 0.2) is 0 Å². The molecule has 118 valence electrons. The Balaban J connectivity index is 5.55. The van der Waals surface area contributed by atoms with Gasteiger partial charge in [0.25, 0.3) is 20.2 Å². The lowest BCUT2D eigenvalue weighted by atomic mass is 9.85. The van der Waals surface area contributed by atoms with E-state index in [0.29, 0.717) is 0 Å². The van der Waals surface area contributed by atoms with Crippen molar-refractivity contribution in [1.29, 1.82) is 0 Å². The van der Waals surface area contributed by atoms with Crippen molar-refractivity contribution >= 4 is 20.2 Å². The van der Waals surface area contributed by atoms with Crippen molar-refractivity contribution in [3.05, 3.63) is 0 Å². The molecule has 0 rings (SSSR count). The summed E-state index contributed by atoms with van der Waals surface area (Å²) in [4.78, 5) is 0. The molecule has 0 fully saturated rings. The lowest BCUT2D eigenvalue weighted by Gasteiger charge is -2.27. The molecular weight excluding hydrogens is 304 g/mol. The third kappa shape index (κ3) is 5.05. The minimum absolute atomic E-state index is 1.07. The van der Waals surface area contributed by atoms with Crippen molar-refractivity contribution in [3.63, 3.8) is 0 Å². The molecule has 2 atom stereocenters. The highest BCUT2D eigenvalue weighted by atomic mass is 32.2. The van der Waals surface area contributed by atoms with Gasteiger partial charge in [-0.15, -0.1) is 0 Å². The second-order valence-electron chi connectivity index (χ2n) is 6.01. The summed E-state index contributed by atoms with van der Waals surface area (Å²) in [7, 11) is -8.49. The largest absolute Gasteiger partial charge is 0.285 e. The molecule has 0 radical (unpaired) electrons. The van der Waals surface area contributed by atoms with E-state index < -0.39 is 41.6 Å². The summed E-state index contributed by atoms with van der Waals surface area (Å²) in [6.07, 6.45) is 0. The normalized spacial score (nSPS) is 17.0. The van der Waals surface area contributed by atoms with Crippen LogP contribution in [0.1, 0.15) is 41.5 Å². The number of rotatable bonds is 4. The molecule has 0 saturated carbocycles. The molecule has 0 aliphatic rings. The fraction of sp³-hybridized carbons (Fsp3) is 0.833. The summed E-state index contributed by atoms with van der Waals surface area (Å²) in [5.74, 6) is 5.39. The van der Waals surface area contributed by atoms with Gasteiger partial charge in [0.1, 0.15) is 0 Å². The quantitative estimate of drug-likeness (QED) is 0.600. The highest BCUT2D eigenvalue weighted by Crippen LogP contribution is 2.29. The molecule has 20 heavy (non-hydrogen) atoms. The van der Waals surface area contributed by atoms with E-state index in [4.69, 9.17) is 9.11 Å². The SMILES string of the molecule is CC(C(C)(C)C#CC(C)(C)C(C)S(=O)(=O)O)S(=O)(=O)O. The van der Waals surface area contributed by atoms with E-state index in [-0.39, 0.29) is 0 Å². The predicted octanol–water partition coefficient (Wildman–Crippen LogP) is 1.59. The van der Waals surface area contributed by atoms with Crippen LogP contribution >= 0.6 is 0 Å². The van der Waals surface area contributed by atoms with Gasteiger partial charge in [-0.25, -0.2) is 0 Å². The molecule has 0 aromatic carbocycles. The zero-order chi connectivity index (χ0) is 16.6. The Kier molecular flexibility index (Phi) is 5.46. The van der Waals surface area contributed by atoms with Crippen molar-refractivity contribution in [2.24, 2.45) is 10.8 Å². The molecule has 0 aromatic rings. The van der Waals surface area contributed by atoms with Gasteiger partial charge in [0.05, 0.1) is 10.5 Å². The fourth-order valence-corrected chi connectivity index (χ4v) is 2.88. The molecule has 0 amide bonds. The van der Waals surface area contributed by atoms with Crippen LogP contribution in [-0.2, 0) is 20.2 Å². The van der Waals surface area contributed by atoms with Gasteiger partial charge in [0, 0.05) is 10.8 Å². The maximum absolute atomic E-state index is 11.1. The van der Waals surface area contributed by atoms with Gasteiger partial charge >= 0.3 is 0 Å². The highest BCUT2D eigenvalue weighted by molar-refractivity contribution is 7.86. The Morgan fingerprint density at radius 1 is 0.750 bits per heavy atom. The molecule has 8 heteroatoms. The first-order valence-electron chi connectivity index (χ1n) is 5.99. The van der Waals surface area contributed by atoms with Crippen LogP contribution in [0.25, 0.3) is 0 Å². The molecule has 0 aromatic heterocycles. The molecular formula is C12H22O6S2. The van der Waals surface area contributed by atoms with Crippen LogP contribution < -0.4 is 0 Å². The second kappa shape index (κ2) is 5.64.